The number of para-hydroxylation sites is 1. The van der Waals surface area contributed by atoms with Crippen molar-refractivity contribution in [3.8, 4) is 0 Å². The van der Waals surface area contributed by atoms with E-state index in [1.165, 1.54) is 0 Å². The van der Waals surface area contributed by atoms with Gasteiger partial charge in [0.15, 0.2) is 0 Å². The average molecular weight is 396 g/mol. The molecule has 0 bridgehead atoms. The van der Waals surface area contributed by atoms with Crippen molar-refractivity contribution < 1.29 is 9.59 Å². The van der Waals surface area contributed by atoms with Crippen LogP contribution >= 0.6 is 11.8 Å². The zero-order valence-electron chi connectivity index (χ0n) is 16.1. The van der Waals surface area contributed by atoms with Gasteiger partial charge in [0.2, 0.25) is 5.91 Å². The summed E-state index contributed by atoms with van der Waals surface area (Å²) in [4.78, 5) is 27.0. The summed E-state index contributed by atoms with van der Waals surface area (Å²) in [6.45, 7) is 3.80. The Hall–Kier alpha value is -2.73. The molecule has 2 amide bonds. The third-order valence-corrected chi connectivity index (χ3v) is 5.52. The molecule has 0 saturated carbocycles. The van der Waals surface area contributed by atoms with Crippen LogP contribution in [-0.2, 0) is 9.59 Å². The largest absolute Gasteiger partial charge is 0.356 e. The number of benzene rings is 2. The molecule has 1 atom stereocenters. The Morgan fingerprint density at radius 1 is 1.07 bits per heavy atom. The monoisotopic (exact) mass is 395 g/mol. The first kappa shape index (κ1) is 20.0. The zero-order valence-corrected chi connectivity index (χ0v) is 17.0. The van der Waals surface area contributed by atoms with Gasteiger partial charge in [0, 0.05) is 28.4 Å². The standard InChI is InChI=1S/C22H25N3O2S/c1-3-7-16(2)22(27)25-15-28-14-20(25)21(26)24-19-12-10-18(11-13-19)23-17-8-5-4-6-9-17/h4-13,20,23H,3,14-15H2,1-2H3,(H,24,26)/b16-7-. The van der Waals surface area contributed by atoms with Crippen molar-refractivity contribution in [2.75, 3.05) is 22.3 Å². The number of amides is 2. The maximum Gasteiger partial charge on any atom is 0.250 e. The first-order valence-corrected chi connectivity index (χ1v) is 10.5. The summed E-state index contributed by atoms with van der Waals surface area (Å²) in [5.74, 6) is 0.955. The number of hydrogen-bond donors (Lipinski definition) is 2. The van der Waals surface area contributed by atoms with Crippen LogP contribution in [0.25, 0.3) is 0 Å². The van der Waals surface area contributed by atoms with Crippen molar-refractivity contribution in [2.45, 2.75) is 26.3 Å². The molecule has 0 aliphatic carbocycles. The summed E-state index contributed by atoms with van der Waals surface area (Å²) >= 11 is 1.60. The van der Waals surface area contributed by atoms with Gasteiger partial charge in [-0.05, 0) is 49.7 Å². The van der Waals surface area contributed by atoms with Crippen LogP contribution in [0.1, 0.15) is 20.3 Å². The third kappa shape index (κ3) is 4.95. The van der Waals surface area contributed by atoms with Crippen LogP contribution < -0.4 is 10.6 Å². The predicted octanol–water partition coefficient (Wildman–Crippen LogP) is 4.63. The molecule has 0 radical (unpaired) electrons. The van der Waals surface area contributed by atoms with Gasteiger partial charge in [0.25, 0.3) is 5.91 Å². The van der Waals surface area contributed by atoms with Crippen molar-refractivity contribution in [1.29, 1.82) is 0 Å². The third-order valence-electron chi connectivity index (χ3n) is 4.51. The molecule has 2 aromatic rings. The van der Waals surface area contributed by atoms with Crippen LogP contribution in [0.5, 0.6) is 0 Å². The Bertz CT molecular complexity index is 850. The summed E-state index contributed by atoms with van der Waals surface area (Å²) in [5, 5.41) is 6.25. The highest BCUT2D eigenvalue weighted by Gasteiger charge is 2.35. The van der Waals surface area contributed by atoms with Gasteiger partial charge in [-0.2, -0.15) is 0 Å². The predicted molar refractivity (Wildman–Crippen MR) is 117 cm³/mol. The Balaban J connectivity index is 1.62. The molecule has 5 nitrogen and oxygen atoms in total. The molecule has 146 valence electrons. The summed E-state index contributed by atoms with van der Waals surface area (Å²) in [5.41, 5.74) is 3.36. The van der Waals surface area contributed by atoms with E-state index in [0.29, 0.717) is 22.9 Å². The highest BCUT2D eigenvalue weighted by atomic mass is 32.2. The minimum absolute atomic E-state index is 0.0607. The van der Waals surface area contributed by atoms with Crippen LogP contribution in [-0.4, -0.2) is 34.4 Å². The van der Waals surface area contributed by atoms with E-state index in [2.05, 4.69) is 10.6 Å². The van der Waals surface area contributed by atoms with Crippen LogP contribution in [0.3, 0.4) is 0 Å². The van der Waals surface area contributed by atoms with Gasteiger partial charge in [0.1, 0.15) is 6.04 Å². The molecular weight excluding hydrogens is 370 g/mol. The van der Waals surface area contributed by atoms with Crippen molar-refractivity contribution in [3.63, 3.8) is 0 Å². The fourth-order valence-electron chi connectivity index (χ4n) is 3.03. The molecule has 1 fully saturated rings. The molecule has 1 aliphatic rings. The van der Waals surface area contributed by atoms with Crippen molar-refractivity contribution >= 4 is 40.6 Å². The number of anilines is 3. The van der Waals surface area contributed by atoms with Gasteiger partial charge in [-0.3, -0.25) is 9.59 Å². The maximum absolute atomic E-state index is 12.7. The molecule has 2 aromatic carbocycles. The summed E-state index contributed by atoms with van der Waals surface area (Å²) in [6, 6.07) is 17.0. The van der Waals surface area contributed by atoms with Crippen LogP contribution in [0.4, 0.5) is 17.1 Å². The van der Waals surface area contributed by atoms with E-state index in [1.54, 1.807) is 16.7 Å². The van der Waals surface area contributed by atoms with E-state index < -0.39 is 6.04 Å². The number of carbonyl (C=O) groups is 2. The Labute approximate surface area is 170 Å². The van der Waals surface area contributed by atoms with Gasteiger partial charge in [0.05, 0.1) is 5.88 Å². The normalized spacial score (nSPS) is 16.7. The van der Waals surface area contributed by atoms with E-state index in [-0.39, 0.29) is 11.8 Å². The highest BCUT2D eigenvalue weighted by Crippen LogP contribution is 2.25. The first-order chi connectivity index (χ1) is 13.6. The van der Waals surface area contributed by atoms with E-state index in [9.17, 15) is 9.59 Å². The fourth-order valence-corrected chi connectivity index (χ4v) is 4.18. The molecule has 2 N–H and O–H groups in total. The molecule has 1 unspecified atom stereocenters. The SMILES string of the molecule is CC/C=C(/C)C(=O)N1CSCC1C(=O)Nc1ccc(Nc2ccccc2)cc1. The molecule has 6 heteroatoms. The second-order valence-electron chi connectivity index (χ2n) is 6.64. The van der Waals surface area contributed by atoms with E-state index in [4.69, 9.17) is 0 Å². The smallest absolute Gasteiger partial charge is 0.250 e. The second-order valence-corrected chi connectivity index (χ2v) is 7.64. The number of allylic oxidation sites excluding steroid dienone is 1. The van der Waals surface area contributed by atoms with Gasteiger partial charge < -0.3 is 15.5 Å². The minimum atomic E-state index is -0.445. The molecule has 0 spiro atoms. The first-order valence-electron chi connectivity index (χ1n) is 9.37. The fraction of sp³-hybridized carbons (Fsp3) is 0.273. The zero-order chi connectivity index (χ0) is 19.9. The number of nitrogens with one attached hydrogen (secondary N) is 2. The number of thioether (sulfide) groups is 1. The number of hydrogen-bond acceptors (Lipinski definition) is 4. The van der Waals surface area contributed by atoms with Crippen LogP contribution in [0, 0.1) is 0 Å². The molecule has 1 saturated heterocycles. The van der Waals surface area contributed by atoms with Crippen molar-refractivity contribution in [2.24, 2.45) is 0 Å². The second kappa shape index (κ2) is 9.46. The van der Waals surface area contributed by atoms with Gasteiger partial charge >= 0.3 is 0 Å². The lowest BCUT2D eigenvalue weighted by Crippen LogP contribution is -2.44. The van der Waals surface area contributed by atoms with Gasteiger partial charge in [-0.1, -0.05) is 31.2 Å². The molecule has 3 rings (SSSR count). The Morgan fingerprint density at radius 2 is 1.71 bits per heavy atom. The van der Waals surface area contributed by atoms with Gasteiger partial charge in [-0.15, -0.1) is 11.8 Å². The maximum atomic E-state index is 12.7. The molecule has 1 heterocycles. The Morgan fingerprint density at radius 3 is 2.39 bits per heavy atom. The number of carbonyl (C=O) groups excluding carboxylic acids is 2. The number of rotatable bonds is 6. The van der Waals surface area contributed by atoms with Crippen LogP contribution in [0.15, 0.2) is 66.2 Å². The summed E-state index contributed by atoms with van der Waals surface area (Å²) < 4.78 is 0. The Kier molecular flexibility index (Phi) is 6.76. The van der Waals surface area contributed by atoms with E-state index in [0.717, 1.165) is 17.8 Å². The molecule has 1 aliphatic heterocycles. The molecular formula is C22H25N3O2S. The summed E-state index contributed by atoms with van der Waals surface area (Å²) in [6.07, 6.45) is 2.71. The van der Waals surface area contributed by atoms with Crippen molar-refractivity contribution in [3.05, 3.63) is 66.2 Å². The molecule has 28 heavy (non-hydrogen) atoms. The average Bonchev–Trinajstić information content (AvgIpc) is 3.20. The quantitative estimate of drug-likeness (QED) is 0.700. The topological polar surface area (TPSA) is 61.4 Å². The van der Waals surface area contributed by atoms with E-state index in [1.807, 2.05) is 74.5 Å². The lowest BCUT2D eigenvalue weighted by atomic mass is 10.2. The van der Waals surface area contributed by atoms with Crippen molar-refractivity contribution in [1.82, 2.24) is 4.90 Å². The van der Waals surface area contributed by atoms with Crippen LogP contribution in [0.2, 0.25) is 0 Å². The lowest BCUT2D eigenvalue weighted by molar-refractivity contribution is -0.133. The number of nitrogens with zero attached hydrogens (tertiary/aromatic N) is 1. The highest BCUT2D eigenvalue weighted by molar-refractivity contribution is 7.99. The van der Waals surface area contributed by atoms with E-state index >= 15 is 0 Å². The van der Waals surface area contributed by atoms with Gasteiger partial charge in [-0.25, -0.2) is 0 Å². The minimum Gasteiger partial charge on any atom is -0.356 e. The summed E-state index contributed by atoms with van der Waals surface area (Å²) in [7, 11) is 0. The molecule has 0 aromatic heterocycles. The lowest BCUT2D eigenvalue weighted by Gasteiger charge is -2.23.